The molecule has 7 nitrogen and oxygen atoms in total. The average molecular weight is 480 g/mol. The maximum atomic E-state index is 9.88. The Labute approximate surface area is 203 Å². The first-order valence-corrected chi connectivity index (χ1v) is 13.5. The van der Waals surface area contributed by atoms with E-state index in [0.29, 0.717) is 27.9 Å². The van der Waals surface area contributed by atoms with Crippen molar-refractivity contribution in [2.24, 2.45) is 0 Å². The Balaban J connectivity index is 1.54. The van der Waals surface area contributed by atoms with Gasteiger partial charge in [-0.3, -0.25) is 5.41 Å². The Bertz CT molecular complexity index is 1150. The van der Waals surface area contributed by atoms with E-state index < -0.39 is 0 Å². The fourth-order valence-corrected chi connectivity index (χ4v) is 8.10. The fourth-order valence-electron chi connectivity index (χ4n) is 5.42. The summed E-state index contributed by atoms with van der Waals surface area (Å²) in [6.45, 7) is 5.88. The van der Waals surface area contributed by atoms with Gasteiger partial charge < -0.3 is 16.0 Å². The van der Waals surface area contributed by atoms with Crippen LogP contribution in [0.3, 0.4) is 0 Å². The van der Waals surface area contributed by atoms with Gasteiger partial charge in [-0.2, -0.15) is 17.0 Å². The molecule has 172 valence electrons. The third-order valence-corrected chi connectivity index (χ3v) is 9.46. The highest BCUT2D eigenvalue weighted by molar-refractivity contribution is 7.99. The monoisotopic (exact) mass is 479 g/mol. The van der Waals surface area contributed by atoms with Crippen molar-refractivity contribution in [2.45, 2.75) is 38.0 Å². The summed E-state index contributed by atoms with van der Waals surface area (Å²) in [6, 6.07) is 4.24. The minimum Gasteiger partial charge on any atom is -0.389 e. The Morgan fingerprint density at radius 2 is 2.21 bits per heavy atom. The van der Waals surface area contributed by atoms with Crippen LogP contribution in [0.5, 0.6) is 0 Å². The first-order valence-electron chi connectivity index (χ1n) is 11.5. The Hall–Kier alpha value is -2.41. The lowest BCUT2D eigenvalue weighted by Crippen LogP contribution is -2.39. The maximum absolute atomic E-state index is 9.88. The molecule has 0 radical (unpaired) electrons. The number of thiophene rings is 1. The van der Waals surface area contributed by atoms with E-state index in [4.69, 9.17) is 16.1 Å². The third-order valence-electron chi connectivity index (χ3n) is 7.20. The van der Waals surface area contributed by atoms with Gasteiger partial charge in [-0.25, -0.2) is 9.97 Å². The summed E-state index contributed by atoms with van der Waals surface area (Å²) in [5.74, 6) is 2.43. The summed E-state index contributed by atoms with van der Waals surface area (Å²) in [7, 11) is 0. The van der Waals surface area contributed by atoms with E-state index in [9.17, 15) is 5.26 Å². The highest BCUT2D eigenvalue weighted by atomic mass is 32.2. The number of aryl methyl sites for hydroxylation is 1. The van der Waals surface area contributed by atoms with Crippen molar-refractivity contribution in [1.82, 2.24) is 15.3 Å². The molecule has 1 spiro atoms. The molecular weight excluding hydrogens is 450 g/mol. The van der Waals surface area contributed by atoms with E-state index in [1.165, 1.54) is 10.5 Å². The minimum atomic E-state index is -0.219. The van der Waals surface area contributed by atoms with Crippen LogP contribution in [0.1, 0.15) is 47.9 Å². The topological polar surface area (TPSA) is 115 Å². The number of anilines is 2. The number of fused-ring (bicyclic) bond motifs is 2. The molecule has 4 heterocycles. The van der Waals surface area contributed by atoms with Crippen LogP contribution in [0.2, 0.25) is 0 Å². The van der Waals surface area contributed by atoms with Crippen LogP contribution >= 0.6 is 23.1 Å². The molecule has 2 aliphatic heterocycles. The zero-order valence-corrected chi connectivity index (χ0v) is 20.5. The first-order chi connectivity index (χ1) is 16.0. The molecule has 33 heavy (non-hydrogen) atoms. The second-order valence-electron chi connectivity index (χ2n) is 8.99. The fraction of sp³-hybridized carbons (Fsp3) is 0.500. The smallest absolute Gasteiger partial charge is 0.225 e. The van der Waals surface area contributed by atoms with Gasteiger partial charge in [0, 0.05) is 47.6 Å². The van der Waals surface area contributed by atoms with Gasteiger partial charge in [0.1, 0.15) is 11.1 Å². The molecule has 2 aromatic rings. The first kappa shape index (κ1) is 22.4. The largest absolute Gasteiger partial charge is 0.389 e. The van der Waals surface area contributed by atoms with Gasteiger partial charge in [0.15, 0.2) is 0 Å². The number of aromatic nitrogens is 2. The number of nitrogens with two attached hydrogens (primary N) is 1. The quantitative estimate of drug-likeness (QED) is 0.577. The molecular formula is C24H29N7S2. The number of nitrogens with zero attached hydrogens (tertiary/aromatic N) is 4. The lowest BCUT2D eigenvalue weighted by molar-refractivity contribution is 0.463. The molecule has 0 amide bonds. The van der Waals surface area contributed by atoms with Gasteiger partial charge in [-0.05, 0) is 56.4 Å². The molecule has 1 fully saturated rings. The molecule has 1 aliphatic carbocycles. The minimum absolute atomic E-state index is 0.219. The van der Waals surface area contributed by atoms with Gasteiger partial charge in [0.25, 0.3) is 0 Å². The second kappa shape index (κ2) is 9.09. The second-order valence-corrected chi connectivity index (χ2v) is 11.1. The van der Waals surface area contributed by atoms with Gasteiger partial charge in [-0.15, -0.1) is 11.3 Å². The van der Waals surface area contributed by atoms with E-state index in [2.05, 4.69) is 28.2 Å². The number of nitrogen functional groups attached to an aromatic ring is 1. The van der Waals surface area contributed by atoms with E-state index in [0.717, 1.165) is 74.5 Å². The van der Waals surface area contributed by atoms with Crippen LogP contribution in [0, 0.1) is 16.7 Å². The lowest BCUT2D eigenvalue weighted by Gasteiger charge is -2.43. The number of hydrogen-bond acceptors (Lipinski definition) is 9. The maximum Gasteiger partial charge on any atom is 0.225 e. The molecule has 0 saturated carbocycles. The van der Waals surface area contributed by atoms with Gasteiger partial charge in [-0.1, -0.05) is 5.57 Å². The van der Waals surface area contributed by atoms with E-state index >= 15 is 0 Å². The highest BCUT2D eigenvalue weighted by Crippen LogP contribution is 2.53. The molecule has 9 heteroatoms. The lowest BCUT2D eigenvalue weighted by atomic mass is 9.66. The summed E-state index contributed by atoms with van der Waals surface area (Å²) in [5, 5.41) is 23.0. The molecule has 1 atom stereocenters. The van der Waals surface area contributed by atoms with Crippen molar-refractivity contribution < 1.29 is 0 Å². The summed E-state index contributed by atoms with van der Waals surface area (Å²) in [5.41, 5.74) is 11.2. The molecule has 5 rings (SSSR count). The molecule has 1 unspecified atom stereocenters. The molecule has 4 N–H and O–H groups in total. The van der Waals surface area contributed by atoms with Crippen LogP contribution in [0.25, 0.3) is 0 Å². The number of rotatable bonds is 3. The Kier molecular flexibility index (Phi) is 6.16. The molecule has 3 aliphatic rings. The molecule has 2 aromatic heterocycles. The zero-order valence-electron chi connectivity index (χ0n) is 18.9. The summed E-state index contributed by atoms with van der Waals surface area (Å²) in [6.07, 6.45) is 5.89. The number of nitriles is 1. The summed E-state index contributed by atoms with van der Waals surface area (Å²) < 4.78 is 0. The zero-order chi connectivity index (χ0) is 23.0. The van der Waals surface area contributed by atoms with Crippen LogP contribution in [-0.2, 0) is 11.8 Å². The molecule has 0 aromatic carbocycles. The van der Waals surface area contributed by atoms with Crippen LogP contribution in [-0.4, -0.2) is 53.4 Å². The van der Waals surface area contributed by atoms with E-state index in [1.807, 2.05) is 17.8 Å². The standard InChI is InChI=1S/C24H29N7S2/c1-15-17(21(26)18-5-8-29-23(30-18)31-10-3-7-28-9-11-31)13-32-14-24(15)6-2-4-19-20(24)16(12-25)22(27)33-19/h5,8,26,28H,2-4,6-7,9-11,13-14,27H2,1H3. The van der Waals surface area contributed by atoms with Gasteiger partial charge in [0.05, 0.1) is 17.0 Å². The van der Waals surface area contributed by atoms with Gasteiger partial charge in [0.2, 0.25) is 5.95 Å². The van der Waals surface area contributed by atoms with Crippen molar-refractivity contribution in [3.8, 4) is 6.07 Å². The van der Waals surface area contributed by atoms with Crippen LogP contribution in [0.15, 0.2) is 23.4 Å². The summed E-state index contributed by atoms with van der Waals surface area (Å²) >= 11 is 3.43. The Morgan fingerprint density at radius 1 is 1.33 bits per heavy atom. The SMILES string of the molecule is CC1=C(C(=N)c2ccnc(N3CCCNCC3)n2)CSCC12CCCc1sc(N)c(C#N)c12. The van der Waals surface area contributed by atoms with Crippen molar-refractivity contribution >= 4 is 39.8 Å². The van der Waals surface area contributed by atoms with Crippen molar-refractivity contribution in [3.05, 3.63) is 45.1 Å². The summed E-state index contributed by atoms with van der Waals surface area (Å²) in [4.78, 5) is 12.8. The number of hydrogen-bond donors (Lipinski definition) is 3. The predicted molar refractivity (Wildman–Crippen MR) is 137 cm³/mol. The van der Waals surface area contributed by atoms with Crippen LogP contribution < -0.4 is 16.0 Å². The van der Waals surface area contributed by atoms with Gasteiger partial charge >= 0.3 is 0 Å². The van der Waals surface area contributed by atoms with Crippen molar-refractivity contribution in [3.63, 3.8) is 0 Å². The van der Waals surface area contributed by atoms with E-state index in [1.54, 1.807) is 17.5 Å². The normalized spacial score (nSPS) is 23.2. The van der Waals surface area contributed by atoms with E-state index in [-0.39, 0.29) is 5.41 Å². The van der Waals surface area contributed by atoms with Crippen LogP contribution in [0.4, 0.5) is 10.9 Å². The third kappa shape index (κ3) is 3.84. The number of thioether (sulfide) groups is 1. The van der Waals surface area contributed by atoms with Crippen molar-refractivity contribution in [2.75, 3.05) is 48.3 Å². The number of allylic oxidation sites excluding steroid dienone is 1. The Morgan fingerprint density at radius 3 is 3.06 bits per heavy atom. The number of nitrogens with one attached hydrogen (secondary N) is 2. The predicted octanol–water partition coefficient (Wildman–Crippen LogP) is 3.50. The average Bonchev–Trinajstić information content (AvgIpc) is 2.99. The molecule has 1 saturated heterocycles. The van der Waals surface area contributed by atoms with Crippen molar-refractivity contribution in [1.29, 1.82) is 10.7 Å². The highest BCUT2D eigenvalue weighted by Gasteiger charge is 2.45. The molecule has 0 bridgehead atoms.